The van der Waals surface area contributed by atoms with Crippen LogP contribution >= 0.6 is 11.6 Å². The SMILES string of the molecule is O=C(c1cccc(F)c1Cl)N1CCC(OCCO)CC1. The van der Waals surface area contributed by atoms with Crippen molar-refractivity contribution in [3.8, 4) is 0 Å². The van der Waals surface area contributed by atoms with Gasteiger partial charge in [-0.15, -0.1) is 0 Å². The molecule has 0 unspecified atom stereocenters. The predicted molar refractivity (Wildman–Crippen MR) is 73.4 cm³/mol. The number of carbonyl (C=O) groups excluding carboxylic acids is 1. The summed E-state index contributed by atoms with van der Waals surface area (Å²) >= 11 is 5.83. The molecule has 4 nitrogen and oxygen atoms in total. The number of carbonyl (C=O) groups is 1. The number of rotatable bonds is 4. The molecule has 0 bridgehead atoms. The Morgan fingerprint density at radius 1 is 1.45 bits per heavy atom. The van der Waals surface area contributed by atoms with Crippen LogP contribution in [0.3, 0.4) is 0 Å². The number of nitrogens with zero attached hydrogens (tertiary/aromatic N) is 1. The number of benzene rings is 1. The fraction of sp³-hybridized carbons (Fsp3) is 0.500. The van der Waals surface area contributed by atoms with Gasteiger partial charge in [0.15, 0.2) is 0 Å². The van der Waals surface area contributed by atoms with Crippen LogP contribution in [0.15, 0.2) is 18.2 Å². The molecule has 6 heteroatoms. The number of hydrogen-bond donors (Lipinski definition) is 1. The van der Waals surface area contributed by atoms with Gasteiger partial charge < -0.3 is 14.7 Å². The van der Waals surface area contributed by atoms with Crippen molar-refractivity contribution in [2.24, 2.45) is 0 Å². The van der Waals surface area contributed by atoms with E-state index in [2.05, 4.69) is 0 Å². The third-order valence-corrected chi connectivity index (χ3v) is 3.74. The third-order valence-electron chi connectivity index (χ3n) is 3.36. The fourth-order valence-electron chi connectivity index (χ4n) is 2.28. The van der Waals surface area contributed by atoms with Crippen LogP contribution in [0.25, 0.3) is 0 Å². The van der Waals surface area contributed by atoms with Gasteiger partial charge in [-0.2, -0.15) is 0 Å². The van der Waals surface area contributed by atoms with Gasteiger partial charge in [0.05, 0.1) is 29.9 Å². The first kappa shape index (κ1) is 15.2. The highest BCUT2D eigenvalue weighted by Crippen LogP contribution is 2.23. The largest absolute Gasteiger partial charge is 0.394 e. The number of amides is 1. The molecule has 0 radical (unpaired) electrons. The molecule has 1 saturated heterocycles. The van der Waals surface area contributed by atoms with E-state index in [1.165, 1.54) is 18.2 Å². The highest BCUT2D eigenvalue weighted by molar-refractivity contribution is 6.34. The van der Waals surface area contributed by atoms with Crippen molar-refractivity contribution in [2.75, 3.05) is 26.3 Å². The summed E-state index contributed by atoms with van der Waals surface area (Å²) in [7, 11) is 0. The van der Waals surface area contributed by atoms with Gasteiger partial charge in [-0.1, -0.05) is 17.7 Å². The lowest BCUT2D eigenvalue weighted by Crippen LogP contribution is -2.41. The Labute approximate surface area is 122 Å². The summed E-state index contributed by atoms with van der Waals surface area (Å²) in [6, 6.07) is 4.24. The molecule has 0 aromatic heterocycles. The monoisotopic (exact) mass is 301 g/mol. The first-order chi connectivity index (χ1) is 9.63. The van der Waals surface area contributed by atoms with Crippen LogP contribution in [-0.4, -0.2) is 48.3 Å². The van der Waals surface area contributed by atoms with Crippen molar-refractivity contribution < 1.29 is 19.0 Å². The second kappa shape index (κ2) is 7.02. The van der Waals surface area contributed by atoms with E-state index in [9.17, 15) is 9.18 Å². The van der Waals surface area contributed by atoms with Crippen LogP contribution < -0.4 is 0 Å². The zero-order chi connectivity index (χ0) is 14.5. The molecule has 1 aliphatic rings. The molecule has 20 heavy (non-hydrogen) atoms. The number of piperidine rings is 1. The van der Waals surface area contributed by atoms with E-state index < -0.39 is 5.82 Å². The van der Waals surface area contributed by atoms with Gasteiger partial charge in [-0.25, -0.2) is 4.39 Å². The number of ether oxygens (including phenoxy) is 1. The quantitative estimate of drug-likeness (QED) is 0.926. The molecular formula is C14H17ClFNO3. The number of halogens is 2. The Bertz CT molecular complexity index is 475. The first-order valence-electron chi connectivity index (χ1n) is 6.59. The molecule has 1 aliphatic heterocycles. The lowest BCUT2D eigenvalue weighted by Gasteiger charge is -2.32. The van der Waals surface area contributed by atoms with E-state index >= 15 is 0 Å². The molecule has 0 spiro atoms. The zero-order valence-electron chi connectivity index (χ0n) is 11.0. The molecule has 1 N–H and O–H groups in total. The second-order valence-corrected chi connectivity index (χ2v) is 5.07. The maximum absolute atomic E-state index is 13.4. The van der Waals surface area contributed by atoms with E-state index in [0.29, 0.717) is 32.5 Å². The number of hydrogen-bond acceptors (Lipinski definition) is 3. The van der Waals surface area contributed by atoms with Gasteiger partial charge >= 0.3 is 0 Å². The standard InChI is InChI=1S/C14H17ClFNO3/c15-13-11(2-1-3-12(13)16)14(19)17-6-4-10(5-7-17)20-9-8-18/h1-3,10,18H,4-9H2. The minimum absolute atomic E-state index is 0.00194. The van der Waals surface area contributed by atoms with Crippen LogP contribution in [-0.2, 0) is 4.74 Å². The molecule has 1 heterocycles. The van der Waals surface area contributed by atoms with E-state index in [1.54, 1.807) is 4.90 Å². The summed E-state index contributed by atoms with van der Waals surface area (Å²) in [5, 5.41) is 8.57. The maximum Gasteiger partial charge on any atom is 0.255 e. The van der Waals surface area contributed by atoms with Gasteiger partial charge in [-0.05, 0) is 25.0 Å². The lowest BCUT2D eigenvalue weighted by molar-refractivity contribution is -0.00554. The van der Waals surface area contributed by atoms with Crippen molar-refractivity contribution in [3.63, 3.8) is 0 Å². The van der Waals surface area contributed by atoms with Gasteiger partial charge in [0.2, 0.25) is 0 Å². The summed E-state index contributed by atoms with van der Waals surface area (Å²) < 4.78 is 18.8. The Kier molecular flexibility index (Phi) is 5.34. The molecule has 2 rings (SSSR count). The highest BCUT2D eigenvalue weighted by Gasteiger charge is 2.25. The lowest BCUT2D eigenvalue weighted by atomic mass is 10.1. The third kappa shape index (κ3) is 3.48. The Morgan fingerprint density at radius 3 is 2.80 bits per heavy atom. The van der Waals surface area contributed by atoms with Crippen molar-refractivity contribution in [2.45, 2.75) is 18.9 Å². The normalized spacial score (nSPS) is 16.4. The van der Waals surface area contributed by atoms with Crippen LogP contribution in [0.4, 0.5) is 4.39 Å². The average Bonchev–Trinajstić information content (AvgIpc) is 2.48. The summed E-state index contributed by atoms with van der Waals surface area (Å²) in [4.78, 5) is 13.9. The molecule has 1 aromatic rings. The van der Waals surface area contributed by atoms with Crippen LogP contribution in [0.2, 0.25) is 5.02 Å². The Hall–Kier alpha value is -1.17. The first-order valence-corrected chi connectivity index (χ1v) is 6.97. The summed E-state index contributed by atoms with van der Waals surface area (Å²) in [5.74, 6) is -0.839. The molecule has 1 amide bonds. The molecule has 1 aromatic carbocycles. The summed E-state index contributed by atoms with van der Waals surface area (Å²) in [5.41, 5.74) is 0.196. The van der Waals surface area contributed by atoms with Crippen LogP contribution in [0.5, 0.6) is 0 Å². The average molecular weight is 302 g/mol. The molecule has 110 valence electrons. The van der Waals surface area contributed by atoms with E-state index in [1.807, 2.05) is 0 Å². The molecule has 0 aliphatic carbocycles. The fourth-order valence-corrected chi connectivity index (χ4v) is 2.49. The zero-order valence-corrected chi connectivity index (χ0v) is 11.8. The van der Waals surface area contributed by atoms with Crippen molar-refractivity contribution in [1.82, 2.24) is 4.90 Å². The van der Waals surface area contributed by atoms with Gasteiger partial charge in [0.1, 0.15) is 5.82 Å². The summed E-state index contributed by atoms with van der Waals surface area (Å²) in [6.07, 6.45) is 1.48. The van der Waals surface area contributed by atoms with Crippen molar-refractivity contribution >= 4 is 17.5 Å². The van der Waals surface area contributed by atoms with Crippen LogP contribution in [0.1, 0.15) is 23.2 Å². The minimum Gasteiger partial charge on any atom is -0.394 e. The number of likely N-dealkylation sites (tertiary alicyclic amines) is 1. The minimum atomic E-state index is -0.585. The van der Waals surface area contributed by atoms with Crippen molar-refractivity contribution in [1.29, 1.82) is 0 Å². The van der Waals surface area contributed by atoms with Gasteiger partial charge in [0, 0.05) is 13.1 Å². The number of aliphatic hydroxyl groups is 1. The smallest absolute Gasteiger partial charge is 0.255 e. The molecule has 0 saturated carbocycles. The number of aliphatic hydroxyl groups excluding tert-OH is 1. The van der Waals surface area contributed by atoms with Gasteiger partial charge in [0.25, 0.3) is 5.91 Å². The summed E-state index contributed by atoms with van der Waals surface area (Å²) in [6.45, 7) is 1.40. The van der Waals surface area contributed by atoms with Crippen molar-refractivity contribution in [3.05, 3.63) is 34.6 Å². The van der Waals surface area contributed by atoms with E-state index in [0.717, 1.165) is 0 Å². The Morgan fingerprint density at radius 2 is 2.15 bits per heavy atom. The molecule has 0 atom stereocenters. The van der Waals surface area contributed by atoms with Gasteiger partial charge in [-0.3, -0.25) is 4.79 Å². The highest BCUT2D eigenvalue weighted by atomic mass is 35.5. The molecule has 1 fully saturated rings. The topological polar surface area (TPSA) is 49.8 Å². The van der Waals surface area contributed by atoms with E-state index in [-0.39, 0.29) is 29.2 Å². The maximum atomic E-state index is 13.4. The molecular weight excluding hydrogens is 285 g/mol. The van der Waals surface area contributed by atoms with Crippen LogP contribution in [0, 0.1) is 5.82 Å². The second-order valence-electron chi connectivity index (χ2n) is 4.69. The Balaban J connectivity index is 1.96. The predicted octanol–water partition coefficient (Wildman–Crippen LogP) is 2.09. The van der Waals surface area contributed by atoms with E-state index in [4.69, 9.17) is 21.4 Å².